The topological polar surface area (TPSA) is 70.2 Å². The molecule has 0 saturated carbocycles. The quantitative estimate of drug-likeness (QED) is 0.707. The normalized spacial score (nSPS) is 10.5. The molecule has 1 amide bonds. The van der Waals surface area contributed by atoms with Crippen LogP contribution in [0.2, 0.25) is 0 Å². The molecule has 0 spiro atoms. The van der Waals surface area contributed by atoms with Gasteiger partial charge < -0.3 is 15.5 Å². The molecule has 0 aliphatic carbocycles. The molecule has 0 atom stereocenters. The van der Waals surface area contributed by atoms with Crippen LogP contribution in [0.25, 0.3) is 0 Å². The second-order valence-electron chi connectivity index (χ2n) is 6.23. The molecule has 3 aromatic rings. The van der Waals surface area contributed by atoms with Crippen LogP contribution in [0.4, 0.5) is 23.1 Å². The molecule has 0 bridgehead atoms. The predicted octanol–water partition coefficient (Wildman–Crippen LogP) is 4.22. The molecular formula is C19H21N5OS. The summed E-state index contributed by atoms with van der Waals surface area (Å²) in [5, 5.41) is 8.06. The Balaban J connectivity index is 1.69. The van der Waals surface area contributed by atoms with Gasteiger partial charge in [0.05, 0.1) is 4.88 Å². The van der Waals surface area contributed by atoms with Gasteiger partial charge in [-0.15, -0.1) is 11.3 Å². The number of carbonyl (C=O) groups is 1. The summed E-state index contributed by atoms with van der Waals surface area (Å²) < 4.78 is 0. The molecule has 0 aliphatic heterocycles. The van der Waals surface area contributed by atoms with Crippen LogP contribution in [0, 0.1) is 13.8 Å². The van der Waals surface area contributed by atoms with E-state index in [-0.39, 0.29) is 5.91 Å². The van der Waals surface area contributed by atoms with E-state index in [0.717, 1.165) is 28.5 Å². The number of aryl methyl sites for hydroxylation is 2. The van der Waals surface area contributed by atoms with Crippen LogP contribution < -0.4 is 15.5 Å². The number of anilines is 4. The molecule has 2 aromatic heterocycles. The predicted molar refractivity (Wildman–Crippen MR) is 108 cm³/mol. The maximum Gasteiger partial charge on any atom is 0.265 e. The van der Waals surface area contributed by atoms with E-state index in [1.807, 2.05) is 74.6 Å². The minimum Gasteiger partial charge on any atom is -0.363 e. The smallest absolute Gasteiger partial charge is 0.265 e. The molecule has 1 aromatic carbocycles. The third-order valence-electron chi connectivity index (χ3n) is 3.65. The van der Waals surface area contributed by atoms with Crippen molar-refractivity contribution in [2.75, 3.05) is 29.6 Å². The Hall–Kier alpha value is -2.93. The molecule has 134 valence electrons. The number of hydrogen-bond donors (Lipinski definition) is 2. The third-order valence-corrected chi connectivity index (χ3v) is 4.70. The lowest BCUT2D eigenvalue weighted by atomic mass is 10.2. The minimum absolute atomic E-state index is 0.0959. The summed E-state index contributed by atoms with van der Waals surface area (Å²) in [5.74, 6) is 1.29. The first-order valence-corrected chi connectivity index (χ1v) is 9.05. The maximum absolute atomic E-state index is 12.2. The fraction of sp³-hybridized carbons (Fsp3) is 0.211. The summed E-state index contributed by atoms with van der Waals surface area (Å²) in [4.78, 5) is 23.7. The Morgan fingerprint density at radius 2 is 1.73 bits per heavy atom. The number of thiophene rings is 1. The van der Waals surface area contributed by atoms with Crippen LogP contribution in [0.3, 0.4) is 0 Å². The van der Waals surface area contributed by atoms with E-state index in [4.69, 9.17) is 0 Å². The number of carbonyl (C=O) groups excluding carboxylic acids is 1. The van der Waals surface area contributed by atoms with E-state index in [9.17, 15) is 4.79 Å². The van der Waals surface area contributed by atoms with Crippen LogP contribution >= 0.6 is 11.3 Å². The lowest BCUT2D eigenvalue weighted by molar-refractivity contribution is 0.103. The molecule has 7 heteroatoms. The van der Waals surface area contributed by atoms with Gasteiger partial charge in [-0.2, -0.15) is 4.98 Å². The molecular weight excluding hydrogens is 346 g/mol. The van der Waals surface area contributed by atoms with Gasteiger partial charge in [0, 0.05) is 37.2 Å². The number of nitrogens with one attached hydrogen (secondary N) is 2. The van der Waals surface area contributed by atoms with Crippen LogP contribution in [-0.2, 0) is 0 Å². The highest BCUT2D eigenvalue weighted by atomic mass is 32.1. The van der Waals surface area contributed by atoms with E-state index in [1.54, 1.807) is 0 Å². The average molecular weight is 367 g/mol. The summed E-state index contributed by atoms with van der Waals surface area (Å²) in [6, 6.07) is 11.3. The minimum atomic E-state index is -0.0959. The van der Waals surface area contributed by atoms with Crippen LogP contribution in [0.15, 0.2) is 41.8 Å². The van der Waals surface area contributed by atoms with Gasteiger partial charge >= 0.3 is 0 Å². The summed E-state index contributed by atoms with van der Waals surface area (Å²) in [6.07, 6.45) is 0. The van der Waals surface area contributed by atoms with Gasteiger partial charge in [0.25, 0.3) is 5.91 Å². The van der Waals surface area contributed by atoms with Gasteiger partial charge in [-0.05, 0) is 55.1 Å². The first-order chi connectivity index (χ1) is 12.4. The maximum atomic E-state index is 12.2. The van der Waals surface area contributed by atoms with Crippen LogP contribution in [-0.4, -0.2) is 30.0 Å². The number of rotatable bonds is 5. The van der Waals surface area contributed by atoms with E-state index in [0.29, 0.717) is 10.8 Å². The zero-order valence-corrected chi connectivity index (χ0v) is 16.0. The zero-order valence-electron chi connectivity index (χ0n) is 15.2. The Labute approximate surface area is 156 Å². The number of hydrogen-bond acceptors (Lipinski definition) is 6. The number of amides is 1. The van der Waals surface area contributed by atoms with Crippen molar-refractivity contribution in [1.82, 2.24) is 9.97 Å². The fourth-order valence-corrected chi connectivity index (χ4v) is 3.14. The summed E-state index contributed by atoms with van der Waals surface area (Å²) in [6.45, 7) is 3.91. The molecule has 3 rings (SSSR count). The first-order valence-electron chi connectivity index (χ1n) is 8.17. The van der Waals surface area contributed by atoms with Crippen molar-refractivity contribution in [1.29, 1.82) is 0 Å². The molecule has 0 fully saturated rings. The van der Waals surface area contributed by atoms with Gasteiger partial charge in [-0.3, -0.25) is 4.79 Å². The van der Waals surface area contributed by atoms with E-state index < -0.39 is 0 Å². The highest BCUT2D eigenvalue weighted by molar-refractivity contribution is 7.12. The van der Waals surface area contributed by atoms with Crippen LogP contribution in [0.5, 0.6) is 0 Å². The molecule has 2 heterocycles. The van der Waals surface area contributed by atoms with Gasteiger partial charge in [0.1, 0.15) is 5.82 Å². The van der Waals surface area contributed by atoms with Gasteiger partial charge in [-0.25, -0.2) is 4.98 Å². The second-order valence-corrected chi connectivity index (χ2v) is 7.14. The Morgan fingerprint density at radius 3 is 2.35 bits per heavy atom. The van der Waals surface area contributed by atoms with Crippen molar-refractivity contribution < 1.29 is 4.79 Å². The molecule has 0 saturated heterocycles. The van der Waals surface area contributed by atoms with Gasteiger partial charge in [-0.1, -0.05) is 0 Å². The third kappa shape index (κ3) is 4.37. The van der Waals surface area contributed by atoms with E-state index >= 15 is 0 Å². The number of benzene rings is 1. The summed E-state index contributed by atoms with van der Waals surface area (Å²) in [7, 11) is 3.89. The lowest BCUT2D eigenvalue weighted by Gasteiger charge is -2.14. The van der Waals surface area contributed by atoms with E-state index in [1.165, 1.54) is 11.3 Å². The molecule has 26 heavy (non-hydrogen) atoms. The van der Waals surface area contributed by atoms with Gasteiger partial charge in [0.2, 0.25) is 5.95 Å². The lowest BCUT2D eigenvalue weighted by Crippen LogP contribution is -2.12. The molecule has 0 radical (unpaired) electrons. The summed E-state index contributed by atoms with van der Waals surface area (Å²) >= 11 is 1.44. The Bertz CT molecular complexity index is 918. The Kier molecular flexibility index (Phi) is 5.18. The standard InChI is InChI=1S/C19H21N5OS/c1-12-9-16(26-11-12)18(25)21-14-5-7-15(8-6-14)22-19-20-13(2)10-17(23-19)24(3)4/h5-11H,1-4H3,(H,21,25)(H,20,22,23). The van der Waals surface area contributed by atoms with Crippen molar-refractivity contribution in [2.45, 2.75) is 13.8 Å². The zero-order chi connectivity index (χ0) is 18.7. The SMILES string of the molecule is Cc1csc(C(=O)Nc2ccc(Nc3nc(C)cc(N(C)C)n3)cc2)c1. The largest absolute Gasteiger partial charge is 0.363 e. The monoisotopic (exact) mass is 367 g/mol. The highest BCUT2D eigenvalue weighted by Gasteiger charge is 2.09. The number of nitrogens with zero attached hydrogens (tertiary/aromatic N) is 3. The average Bonchev–Trinajstić information content (AvgIpc) is 3.03. The molecule has 6 nitrogen and oxygen atoms in total. The fourth-order valence-electron chi connectivity index (χ4n) is 2.35. The van der Waals surface area contributed by atoms with Gasteiger partial charge in [0.15, 0.2) is 0 Å². The number of aromatic nitrogens is 2. The molecule has 0 aliphatic rings. The molecule has 2 N–H and O–H groups in total. The highest BCUT2D eigenvalue weighted by Crippen LogP contribution is 2.20. The van der Waals surface area contributed by atoms with Crippen molar-refractivity contribution in [3.05, 3.63) is 57.9 Å². The van der Waals surface area contributed by atoms with Crippen molar-refractivity contribution in [2.24, 2.45) is 0 Å². The first kappa shape index (κ1) is 17.9. The second kappa shape index (κ2) is 7.53. The van der Waals surface area contributed by atoms with Crippen molar-refractivity contribution in [3.63, 3.8) is 0 Å². The summed E-state index contributed by atoms with van der Waals surface area (Å²) in [5.41, 5.74) is 3.58. The Morgan fingerprint density at radius 1 is 1.04 bits per heavy atom. The van der Waals surface area contributed by atoms with Crippen LogP contribution in [0.1, 0.15) is 20.9 Å². The van der Waals surface area contributed by atoms with Crippen molar-refractivity contribution in [3.8, 4) is 0 Å². The van der Waals surface area contributed by atoms with Crippen molar-refractivity contribution >= 4 is 40.4 Å². The molecule has 0 unspecified atom stereocenters. The van der Waals surface area contributed by atoms with E-state index in [2.05, 4.69) is 20.6 Å².